The smallest absolute Gasteiger partial charge is 0.0580 e. The lowest BCUT2D eigenvalue weighted by Gasteiger charge is -1.94. The molecule has 0 aromatic heterocycles. The summed E-state index contributed by atoms with van der Waals surface area (Å²) in [5, 5.41) is 0. The summed E-state index contributed by atoms with van der Waals surface area (Å²) < 4.78 is 0.243. The molecule has 0 heterocycles. The Morgan fingerprint density at radius 1 is 1.67 bits per heavy atom. The monoisotopic (exact) mass is 200 g/mol. The van der Waals surface area contributed by atoms with Gasteiger partial charge in [-0.05, 0) is 13.0 Å². The van der Waals surface area contributed by atoms with E-state index in [9.17, 15) is 0 Å². The summed E-state index contributed by atoms with van der Waals surface area (Å²) in [6.45, 7) is 0.699. The molecule has 0 spiro atoms. The highest BCUT2D eigenvalue weighted by molar-refractivity contribution is 14.1. The minimum Gasteiger partial charge on any atom is -0.330 e. The van der Waals surface area contributed by atoms with Crippen LogP contribution >= 0.6 is 22.6 Å². The Kier molecular flexibility index (Phi) is 4.24. The molecular formula is C3H9IN2. The molecule has 0 bridgehead atoms. The van der Waals surface area contributed by atoms with Crippen LogP contribution in [-0.4, -0.2) is 10.6 Å². The standard InChI is InChI=1S/C3H9IN2/c4-3(6)1-2-5/h3H,1-2,5-6H2. The van der Waals surface area contributed by atoms with E-state index in [4.69, 9.17) is 11.5 Å². The van der Waals surface area contributed by atoms with Crippen LogP contribution < -0.4 is 11.5 Å². The first-order valence-corrected chi connectivity index (χ1v) is 3.11. The molecule has 0 aromatic rings. The largest absolute Gasteiger partial charge is 0.330 e. The molecule has 1 atom stereocenters. The zero-order chi connectivity index (χ0) is 4.99. The molecule has 0 aliphatic heterocycles. The molecule has 0 fully saturated rings. The van der Waals surface area contributed by atoms with Crippen LogP contribution in [0.1, 0.15) is 6.42 Å². The van der Waals surface area contributed by atoms with Crippen molar-refractivity contribution >= 4 is 22.6 Å². The third kappa shape index (κ3) is 4.65. The zero-order valence-corrected chi connectivity index (χ0v) is 5.68. The van der Waals surface area contributed by atoms with E-state index in [0.29, 0.717) is 6.54 Å². The van der Waals surface area contributed by atoms with E-state index >= 15 is 0 Å². The fourth-order valence-corrected chi connectivity index (χ4v) is 0.519. The van der Waals surface area contributed by atoms with Crippen LogP contribution in [0.25, 0.3) is 0 Å². The first-order valence-electron chi connectivity index (χ1n) is 1.87. The van der Waals surface area contributed by atoms with Gasteiger partial charge in [-0.3, -0.25) is 0 Å². The van der Waals surface area contributed by atoms with Crippen molar-refractivity contribution in [3.63, 3.8) is 0 Å². The van der Waals surface area contributed by atoms with Crippen molar-refractivity contribution in [2.45, 2.75) is 10.5 Å². The highest BCUT2D eigenvalue weighted by Gasteiger charge is 1.87. The van der Waals surface area contributed by atoms with Crippen molar-refractivity contribution in [3.8, 4) is 0 Å². The van der Waals surface area contributed by atoms with E-state index in [0.717, 1.165) is 6.42 Å². The number of rotatable bonds is 2. The average molecular weight is 200 g/mol. The van der Waals surface area contributed by atoms with Gasteiger partial charge in [0.05, 0.1) is 4.05 Å². The second kappa shape index (κ2) is 3.83. The lowest BCUT2D eigenvalue weighted by Crippen LogP contribution is -2.15. The third-order valence-corrected chi connectivity index (χ3v) is 1.07. The van der Waals surface area contributed by atoms with Gasteiger partial charge >= 0.3 is 0 Å². The highest BCUT2D eigenvalue weighted by atomic mass is 127. The zero-order valence-electron chi connectivity index (χ0n) is 3.52. The summed E-state index contributed by atoms with van der Waals surface area (Å²) in [6.07, 6.45) is 0.917. The molecule has 0 aliphatic rings. The van der Waals surface area contributed by atoms with Crippen molar-refractivity contribution < 1.29 is 0 Å². The summed E-state index contributed by atoms with van der Waals surface area (Å²) in [6, 6.07) is 0. The van der Waals surface area contributed by atoms with Gasteiger partial charge in [-0.25, -0.2) is 0 Å². The van der Waals surface area contributed by atoms with Crippen LogP contribution in [-0.2, 0) is 0 Å². The van der Waals surface area contributed by atoms with E-state index < -0.39 is 0 Å². The molecule has 0 rings (SSSR count). The van der Waals surface area contributed by atoms with Crippen molar-refractivity contribution in [3.05, 3.63) is 0 Å². The maximum Gasteiger partial charge on any atom is 0.0580 e. The highest BCUT2D eigenvalue weighted by Crippen LogP contribution is 1.92. The van der Waals surface area contributed by atoms with Gasteiger partial charge in [-0.15, -0.1) is 0 Å². The van der Waals surface area contributed by atoms with Gasteiger partial charge in [0.2, 0.25) is 0 Å². The predicted octanol–water partition coefficient (Wildman–Crippen LogP) is 0.0550. The van der Waals surface area contributed by atoms with Crippen molar-refractivity contribution in [1.82, 2.24) is 0 Å². The van der Waals surface area contributed by atoms with Gasteiger partial charge in [-0.1, -0.05) is 22.6 Å². The third-order valence-electron chi connectivity index (χ3n) is 0.442. The van der Waals surface area contributed by atoms with Crippen LogP contribution in [0, 0.1) is 0 Å². The van der Waals surface area contributed by atoms with Crippen LogP contribution in [0.5, 0.6) is 0 Å². The summed E-state index contributed by atoms with van der Waals surface area (Å²) in [7, 11) is 0. The van der Waals surface area contributed by atoms with Crippen molar-refractivity contribution in [2.24, 2.45) is 11.5 Å². The molecule has 3 heteroatoms. The Bertz CT molecular complexity index is 30.0. The molecule has 6 heavy (non-hydrogen) atoms. The maximum absolute atomic E-state index is 5.31. The van der Waals surface area contributed by atoms with Crippen LogP contribution in [0.4, 0.5) is 0 Å². The molecule has 0 saturated heterocycles. The second-order valence-electron chi connectivity index (χ2n) is 1.09. The topological polar surface area (TPSA) is 52.0 Å². The predicted molar refractivity (Wildman–Crippen MR) is 35.7 cm³/mol. The molecule has 4 N–H and O–H groups in total. The SMILES string of the molecule is NCCC(N)I. The average Bonchev–Trinajstić information content (AvgIpc) is 1.35. The molecule has 0 amide bonds. The van der Waals surface area contributed by atoms with Gasteiger partial charge < -0.3 is 11.5 Å². The van der Waals surface area contributed by atoms with E-state index in [1.807, 2.05) is 0 Å². The normalized spacial score (nSPS) is 14.5. The van der Waals surface area contributed by atoms with E-state index in [-0.39, 0.29) is 4.05 Å². The first kappa shape index (κ1) is 6.65. The lowest BCUT2D eigenvalue weighted by molar-refractivity contribution is 0.821. The van der Waals surface area contributed by atoms with Crippen molar-refractivity contribution in [1.29, 1.82) is 0 Å². The second-order valence-corrected chi connectivity index (χ2v) is 2.69. The molecule has 0 radical (unpaired) electrons. The Hall–Kier alpha value is 0.650. The quantitative estimate of drug-likeness (QED) is 0.376. The summed E-state index contributed by atoms with van der Waals surface area (Å²) in [5.41, 5.74) is 10.5. The molecule has 0 aliphatic carbocycles. The Morgan fingerprint density at radius 3 is 2.17 bits per heavy atom. The number of alkyl halides is 1. The number of halogens is 1. The fourth-order valence-electron chi connectivity index (χ4n) is 0.159. The van der Waals surface area contributed by atoms with Gasteiger partial charge in [-0.2, -0.15) is 0 Å². The van der Waals surface area contributed by atoms with Crippen LogP contribution in [0.3, 0.4) is 0 Å². The van der Waals surface area contributed by atoms with Crippen LogP contribution in [0.15, 0.2) is 0 Å². The molecule has 0 aromatic carbocycles. The Morgan fingerprint density at radius 2 is 2.17 bits per heavy atom. The summed E-state index contributed by atoms with van der Waals surface area (Å²) in [5.74, 6) is 0. The molecule has 0 saturated carbocycles. The first-order chi connectivity index (χ1) is 2.77. The van der Waals surface area contributed by atoms with Gasteiger partial charge in [0, 0.05) is 0 Å². The summed E-state index contributed by atoms with van der Waals surface area (Å²) in [4.78, 5) is 0. The van der Waals surface area contributed by atoms with E-state index in [1.54, 1.807) is 0 Å². The minimum atomic E-state index is 0.243. The fraction of sp³-hybridized carbons (Fsp3) is 1.00. The molecule has 1 unspecified atom stereocenters. The van der Waals surface area contributed by atoms with Crippen molar-refractivity contribution in [2.75, 3.05) is 6.54 Å². The van der Waals surface area contributed by atoms with Gasteiger partial charge in [0.15, 0.2) is 0 Å². The number of hydrogen-bond acceptors (Lipinski definition) is 2. The number of hydrogen-bond donors (Lipinski definition) is 2. The van der Waals surface area contributed by atoms with E-state index in [1.165, 1.54) is 0 Å². The summed E-state index contributed by atoms with van der Waals surface area (Å²) >= 11 is 2.14. The Balaban J connectivity index is 2.63. The van der Waals surface area contributed by atoms with E-state index in [2.05, 4.69) is 22.6 Å². The molecular weight excluding hydrogens is 191 g/mol. The van der Waals surface area contributed by atoms with Crippen LogP contribution in [0.2, 0.25) is 0 Å². The molecule has 38 valence electrons. The maximum atomic E-state index is 5.31. The minimum absolute atomic E-state index is 0.243. The molecule has 2 nitrogen and oxygen atoms in total. The van der Waals surface area contributed by atoms with Gasteiger partial charge in [0.1, 0.15) is 0 Å². The lowest BCUT2D eigenvalue weighted by atomic mass is 10.4. The van der Waals surface area contributed by atoms with Gasteiger partial charge in [0.25, 0.3) is 0 Å². The Labute approximate surface area is 51.4 Å². The number of nitrogens with two attached hydrogens (primary N) is 2.